The number of aliphatic hydroxyl groups is 1. The Hall–Kier alpha value is -1.65. The summed E-state index contributed by atoms with van der Waals surface area (Å²) in [6.07, 6.45) is 4.75. The zero-order valence-corrected chi connectivity index (χ0v) is 11.8. The summed E-state index contributed by atoms with van der Waals surface area (Å²) < 4.78 is 1.91. The summed E-state index contributed by atoms with van der Waals surface area (Å²) in [7, 11) is 0. The van der Waals surface area contributed by atoms with Crippen molar-refractivity contribution in [2.24, 2.45) is 5.92 Å². The van der Waals surface area contributed by atoms with E-state index in [1.54, 1.807) is 0 Å². The van der Waals surface area contributed by atoms with E-state index in [2.05, 4.69) is 35.3 Å². The van der Waals surface area contributed by atoms with Crippen molar-refractivity contribution in [1.29, 1.82) is 0 Å². The number of rotatable bonds is 3. The second-order valence-corrected chi connectivity index (χ2v) is 5.70. The minimum Gasteiger partial charge on any atom is -0.393 e. The number of para-hydroxylation sites is 1. The monoisotopic (exact) mass is 271 g/mol. The number of hydrogen-bond acceptors (Lipinski definition) is 3. The number of hydrogen-bond donors (Lipinski definition) is 1. The van der Waals surface area contributed by atoms with E-state index in [1.807, 2.05) is 29.1 Å². The van der Waals surface area contributed by atoms with Gasteiger partial charge in [-0.25, -0.2) is 4.68 Å². The molecule has 4 nitrogen and oxygen atoms in total. The van der Waals surface area contributed by atoms with Gasteiger partial charge in [-0.15, -0.1) is 0 Å². The summed E-state index contributed by atoms with van der Waals surface area (Å²) >= 11 is 0. The minimum atomic E-state index is -0.140. The molecule has 1 N–H and O–H groups in total. The summed E-state index contributed by atoms with van der Waals surface area (Å²) in [5.74, 6) is 0.355. The molecule has 2 unspecified atom stereocenters. The van der Waals surface area contributed by atoms with Gasteiger partial charge in [0.15, 0.2) is 0 Å². The molecule has 1 aliphatic rings. The topological polar surface area (TPSA) is 41.3 Å². The molecule has 1 saturated heterocycles. The van der Waals surface area contributed by atoms with Crippen molar-refractivity contribution in [2.45, 2.75) is 26.0 Å². The number of nitrogens with zero attached hydrogens (tertiary/aromatic N) is 3. The summed E-state index contributed by atoms with van der Waals surface area (Å²) in [6, 6.07) is 10.1. The molecule has 0 bridgehead atoms. The molecule has 1 aliphatic heterocycles. The average molecular weight is 271 g/mol. The quantitative estimate of drug-likeness (QED) is 0.929. The molecular formula is C16H21N3O. The average Bonchev–Trinajstić information content (AvgIpc) is 2.92. The number of piperidine rings is 1. The molecule has 0 spiro atoms. The van der Waals surface area contributed by atoms with Gasteiger partial charge in [0.1, 0.15) is 0 Å². The van der Waals surface area contributed by atoms with E-state index in [1.165, 1.54) is 5.56 Å². The molecule has 4 heteroatoms. The maximum Gasteiger partial charge on any atom is 0.0645 e. The van der Waals surface area contributed by atoms with E-state index in [-0.39, 0.29) is 6.10 Å². The molecule has 20 heavy (non-hydrogen) atoms. The predicted octanol–water partition coefficient (Wildman–Crippen LogP) is 2.07. The molecule has 106 valence electrons. The molecule has 1 aromatic heterocycles. The first-order valence-electron chi connectivity index (χ1n) is 7.22. The maximum absolute atomic E-state index is 9.77. The van der Waals surface area contributed by atoms with Gasteiger partial charge < -0.3 is 5.11 Å². The van der Waals surface area contributed by atoms with Crippen molar-refractivity contribution >= 4 is 0 Å². The third-order valence-corrected chi connectivity index (χ3v) is 4.01. The second kappa shape index (κ2) is 5.77. The van der Waals surface area contributed by atoms with Gasteiger partial charge in [-0.05, 0) is 24.5 Å². The van der Waals surface area contributed by atoms with Crippen LogP contribution in [0.5, 0.6) is 0 Å². The summed E-state index contributed by atoms with van der Waals surface area (Å²) in [4.78, 5) is 2.39. The molecule has 2 atom stereocenters. The normalized spacial score (nSPS) is 23.9. The molecular weight excluding hydrogens is 250 g/mol. The van der Waals surface area contributed by atoms with Gasteiger partial charge >= 0.3 is 0 Å². The lowest BCUT2D eigenvalue weighted by Gasteiger charge is -2.34. The molecule has 3 rings (SSSR count). The van der Waals surface area contributed by atoms with Gasteiger partial charge in [-0.3, -0.25) is 4.90 Å². The fraction of sp³-hybridized carbons (Fsp3) is 0.438. The highest BCUT2D eigenvalue weighted by molar-refractivity contribution is 5.30. The first-order valence-corrected chi connectivity index (χ1v) is 7.22. The third-order valence-electron chi connectivity index (χ3n) is 4.01. The van der Waals surface area contributed by atoms with Crippen molar-refractivity contribution in [1.82, 2.24) is 14.7 Å². The number of likely N-dealkylation sites (tertiary alicyclic amines) is 1. The van der Waals surface area contributed by atoms with E-state index in [0.717, 1.165) is 31.7 Å². The Kier molecular flexibility index (Phi) is 3.85. The van der Waals surface area contributed by atoms with Crippen LogP contribution in [0.3, 0.4) is 0 Å². The van der Waals surface area contributed by atoms with Crippen molar-refractivity contribution in [3.8, 4) is 5.69 Å². The second-order valence-electron chi connectivity index (χ2n) is 5.70. The Labute approximate surface area is 119 Å². The van der Waals surface area contributed by atoms with E-state index in [0.29, 0.717) is 5.92 Å². The summed E-state index contributed by atoms with van der Waals surface area (Å²) in [6.45, 7) is 4.94. The smallest absolute Gasteiger partial charge is 0.0645 e. The molecule has 0 amide bonds. The van der Waals surface area contributed by atoms with Gasteiger partial charge in [0, 0.05) is 31.4 Å². The van der Waals surface area contributed by atoms with Crippen LogP contribution in [0.2, 0.25) is 0 Å². The van der Waals surface area contributed by atoms with Crippen molar-refractivity contribution < 1.29 is 5.11 Å². The number of benzene rings is 1. The highest BCUT2D eigenvalue weighted by Crippen LogP contribution is 2.18. The SMILES string of the molecule is CC1CN(Cc2cnn(-c3ccccc3)c2)CCC1O. The fourth-order valence-electron chi connectivity index (χ4n) is 2.79. The van der Waals surface area contributed by atoms with Crippen LogP contribution in [0.25, 0.3) is 5.69 Å². The molecule has 2 aromatic rings. The number of aliphatic hydroxyl groups excluding tert-OH is 1. The van der Waals surface area contributed by atoms with E-state index in [9.17, 15) is 5.11 Å². The van der Waals surface area contributed by atoms with Crippen LogP contribution in [-0.4, -0.2) is 39.0 Å². The largest absolute Gasteiger partial charge is 0.393 e. The van der Waals surface area contributed by atoms with Gasteiger partial charge in [0.25, 0.3) is 0 Å². The Balaban J connectivity index is 1.66. The lowest BCUT2D eigenvalue weighted by molar-refractivity contribution is 0.0320. The summed E-state index contributed by atoms with van der Waals surface area (Å²) in [5.41, 5.74) is 2.30. The predicted molar refractivity (Wildman–Crippen MR) is 78.6 cm³/mol. The lowest BCUT2D eigenvalue weighted by atomic mass is 9.96. The van der Waals surface area contributed by atoms with Crippen LogP contribution in [0.1, 0.15) is 18.9 Å². The minimum absolute atomic E-state index is 0.140. The van der Waals surface area contributed by atoms with Crippen molar-refractivity contribution in [2.75, 3.05) is 13.1 Å². The third kappa shape index (κ3) is 2.92. The van der Waals surface area contributed by atoms with Gasteiger partial charge in [0.05, 0.1) is 18.0 Å². The number of aromatic nitrogens is 2. The molecule has 0 radical (unpaired) electrons. The first-order chi connectivity index (χ1) is 9.72. The molecule has 2 heterocycles. The van der Waals surface area contributed by atoms with Crippen molar-refractivity contribution in [3.05, 3.63) is 48.3 Å². The van der Waals surface area contributed by atoms with Crippen LogP contribution in [0.15, 0.2) is 42.7 Å². The van der Waals surface area contributed by atoms with Crippen LogP contribution in [0, 0.1) is 5.92 Å². The Bertz CT molecular complexity index is 552. The van der Waals surface area contributed by atoms with Crippen LogP contribution in [-0.2, 0) is 6.54 Å². The Morgan fingerprint density at radius 1 is 1.30 bits per heavy atom. The Morgan fingerprint density at radius 2 is 2.10 bits per heavy atom. The molecule has 0 aliphatic carbocycles. The van der Waals surface area contributed by atoms with E-state index in [4.69, 9.17) is 0 Å². The van der Waals surface area contributed by atoms with Gasteiger partial charge in [-0.2, -0.15) is 5.10 Å². The fourth-order valence-corrected chi connectivity index (χ4v) is 2.79. The van der Waals surface area contributed by atoms with Gasteiger partial charge in [0.2, 0.25) is 0 Å². The zero-order chi connectivity index (χ0) is 13.9. The highest BCUT2D eigenvalue weighted by atomic mass is 16.3. The van der Waals surface area contributed by atoms with Crippen LogP contribution in [0.4, 0.5) is 0 Å². The molecule has 1 aromatic carbocycles. The maximum atomic E-state index is 9.77. The van der Waals surface area contributed by atoms with Gasteiger partial charge in [-0.1, -0.05) is 25.1 Å². The van der Waals surface area contributed by atoms with Crippen molar-refractivity contribution in [3.63, 3.8) is 0 Å². The lowest BCUT2D eigenvalue weighted by Crippen LogP contribution is -2.41. The first kappa shape index (κ1) is 13.3. The highest BCUT2D eigenvalue weighted by Gasteiger charge is 2.24. The molecule has 0 saturated carbocycles. The zero-order valence-electron chi connectivity index (χ0n) is 11.8. The van der Waals surface area contributed by atoms with E-state index >= 15 is 0 Å². The van der Waals surface area contributed by atoms with Crippen LogP contribution >= 0.6 is 0 Å². The standard InChI is InChI=1S/C16H21N3O/c1-13-10-18(8-7-16(13)20)11-14-9-17-19(12-14)15-5-3-2-4-6-15/h2-6,9,12-13,16,20H,7-8,10-11H2,1H3. The summed E-state index contributed by atoms with van der Waals surface area (Å²) in [5, 5.41) is 14.2. The van der Waals surface area contributed by atoms with Crippen LogP contribution < -0.4 is 0 Å². The van der Waals surface area contributed by atoms with E-state index < -0.39 is 0 Å². The Morgan fingerprint density at radius 3 is 2.85 bits per heavy atom. The molecule has 1 fully saturated rings.